The van der Waals surface area contributed by atoms with Crippen LogP contribution in [0.1, 0.15) is 12.5 Å². The molecule has 2 aromatic rings. The zero-order valence-electron chi connectivity index (χ0n) is 14.2. The normalized spacial score (nSPS) is 11.4. The van der Waals surface area contributed by atoms with Crippen molar-refractivity contribution in [3.63, 3.8) is 0 Å². The zero-order valence-corrected chi connectivity index (χ0v) is 15.7. The Morgan fingerprint density at radius 1 is 1.08 bits per heavy atom. The molecular weight excluding hydrogens is 379 g/mol. The second kappa shape index (κ2) is 9.31. The van der Waals surface area contributed by atoms with Gasteiger partial charge in [0.2, 0.25) is 0 Å². The molecule has 2 N–H and O–H groups in total. The summed E-state index contributed by atoms with van der Waals surface area (Å²) in [7, 11) is 0. The molecule has 0 heterocycles. The molecule has 1 atom stereocenters. The van der Waals surface area contributed by atoms with Crippen LogP contribution in [-0.4, -0.2) is 24.5 Å². The van der Waals surface area contributed by atoms with Crippen LogP contribution in [0.2, 0.25) is 10.0 Å². The number of carbonyl (C=O) groups excluding carboxylic acids is 2. The Labute approximate surface area is 161 Å². The number of rotatable bonds is 6. The summed E-state index contributed by atoms with van der Waals surface area (Å²) in [5.41, 5.74) is 5.61. The van der Waals surface area contributed by atoms with Gasteiger partial charge in [-0.15, -0.1) is 0 Å². The van der Waals surface area contributed by atoms with Crippen molar-refractivity contribution >= 4 is 35.0 Å². The fourth-order valence-electron chi connectivity index (χ4n) is 1.87. The molecule has 0 fully saturated rings. The van der Waals surface area contributed by atoms with Gasteiger partial charge in [-0.1, -0.05) is 40.9 Å². The highest BCUT2D eigenvalue weighted by atomic mass is 35.5. The van der Waals surface area contributed by atoms with Gasteiger partial charge in [-0.25, -0.2) is 0 Å². The summed E-state index contributed by atoms with van der Waals surface area (Å²) in [6.07, 6.45) is -0.882. The van der Waals surface area contributed by atoms with Gasteiger partial charge >= 0.3 is 0 Å². The molecule has 138 valence electrons. The second-order valence-corrected chi connectivity index (χ2v) is 6.32. The molecule has 2 aromatic carbocycles. The van der Waals surface area contributed by atoms with Gasteiger partial charge in [0.05, 0.1) is 5.02 Å². The van der Waals surface area contributed by atoms with Crippen molar-refractivity contribution < 1.29 is 19.1 Å². The van der Waals surface area contributed by atoms with Crippen LogP contribution in [0.15, 0.2) is 42.5 Å². The molecule has 0 aliphatic carbocycles. The van der Waals surface area contributed by atoms with Crippen LogP contribution >= 0.6 is 23.2 Å². The van der Waals surface area contributed by atoms with Crippen molar-refractivity contribution in [3.05, 3.63) is 58.1 Å². The Morgan fingerprint density at radius 3 is 2.42 bits per heavy atom. The predicted molar refractivity (Wildman–Crippen MR) is 99.5 cm³/mol. The summed E-state index contributed by atoms with van der Waals surface area (Å²) >= 11 is 11.8. The lowest BCUT2D eigenvalue weighted by Gasteiger charge is -2.16. The molecule has 0 aliphatic rings. The zero-order chi connectivity index (χ0) is 19.1. The first-order chi connectivity index (χ1) is 12.3. The smallest absolute Gasteiger partial charge is 0.279 e. The van der Waals surface area contributed by atoms with Crippen molar-refractivity contribution in [2.45, 2.75) is 20.0 Å². The number of amides is 2. The van der Waals surface area contributed by atoms with E-state index in [1.807, 2.05) is 19.1 Å². The predicted octanol–water partition coefficient (Wildman–Crippen LogP) is 3.30. The second-order valence-electron chi connectivity index (χ2n) is 5.47. The largest absolute Gasteiger partial charge is 0.484 e. The van der Waals surface area contributed by atoms with Gasteiger partial charge in [-0.05, 0) is 44.2 Å². The number of hydrazine groups is 1. The summed E-state index contributed by atoms with van der Waals surface area (Å²) in [6, 6.07) is 11.9. The number of halogens is 2. The molecule has 0 saturated carbocycles. The van der Waals surface area contributed by atoms with Crippen LogP contribution in [0.25, 0.3) is 0 Å². The van der Waals surface area contributed by atoms with E-state index >= 15 is 0 Å². The van der Waals surface area contributed by atoms with E-state index in [-0.39, 0.29) is 11.6 Å². The van der Waals surface area contributed by atoms with Crippen molar-refractivity contribution in [3.8, 4) is 11.5 Å². The average molecular weight is 397 g/mol. The van der Waals surface area contributed by atoms with Crippen molar-refractivity contribution in [2.75, 3.05) is 6.61 Å². The lowest BCUT2D eigenvalue weighted by molar-refractivity contribution is -0.133. The van der Waals surface area contributed by atoms with Gasteiger partial charge in [0.15, 0.2) is 12.7 Å². The Kier molecular flexibility index (Phi) is 7.12. The Hall–Kier alpha value is -2.44. The number of carbonyl (C=O) groups is 2. The summed E-state index contributed by atoms with van der Waals surface area (Å²) in [5.74, 6) is -0.172. The van der Waals surface area contributed by atoms with Gasteiger partial charge in [-0.3, -0.25) is 20.4 Å². The van der Waals surface area contributed by atoms with Gasteiger partial charge in [-0.2, -0.15) is 0 Å². The molecule has 8 heteroatoms. The SMILES string of the molecule is Cc1ccc(OCC(=O)NNC(=O)C(C)Oc2ccc(Cl)cc2Cl)cc1. The molecule has 2 amide bonds. The van der Waals surface area contributed by atoms with Gasteiger partial charge in [0, 0.05) is 5.02 Å². The molecule has 0 spiro atoms. The lowest BCUT2D eigenvalue weighted by atomic mass is 10.2. The number of hydrogen-bond acceptors (Lipinski definition) is 4. The standard InChI is InChI=1S/C18H18Cl2N2O4/c1-11-3-6-14(7-4-11)25-10-17(23)21-22-18(24)12(2)26-16-8-5-13(19)9-15(16)20/h3-9,12H,10H2,1-2H3,(H,21,23)(H,22,24). The number of aryl methyl sites for hydroxylation is 1. The van der Waals surface area contributed by atoms with E-state index in [1.165, 1.54) is 13.0 Å². The molecular formula is C18H18Cl2N2O4. The Balaban J connectivity index is 1.76. The van der Waals surface area contributed by atoms with Crippen LogP contribution < -0.4 is 20.3 Å². The van der Waals surface area contributed by atoms with E-state index in [4.69, 9.17) is 32.7 Å². The average Bonchev–Trinajstić information content (AvgIpc) is 2.61. The number of nitrogens with one attached hydrogen (secondary N) is 2. The highest BCUT2D eigenvalue weighted by Crippen LogP contribution is 2.28. The molecule has 0 bridgehead atoms. The van der Waals surface area contributed by atoms with E-state index in [0.29, 0.717) is 16.5 Å². The third-order valence-electron chi connectivity index (χ3n) is 3.28. The van der Waals surface area contributed by atoms with E-state index < -0.39 is 17.9 Å². The first-order valence-electron chi connectivity index (χ1n) is 7.75. The van der Waals surface area contributed by atoms with Gasteiger partial charge in [0.25, 0.3) is 11.8 Å². The van der Waals surface area contributed by atoms with E-state index in [9.17, 15) is 9.59 Å². The molecule has 0 aromatic heterocycles. The van der Waals surface area contributed by atoms with Crippen LogP contribution in [0, 0.1) is 6.92 Å². The lowest BCUT2D eigenvalue weighted by Crippen LogP contribution is -2.48. The Bertz CT molecular complexity index is 781. The van der Waals surface area contributed by atoms with Crippen LogP contribution in [-0.2, 0) is 9.59 Å². The van der Waals surface area contributed by atoms with E-state index in [2.05, 4.69) is 10.9 Å². The summed E-state index contributed by atoms with van der Waals surface area (Å²) < 4.78 is 10.8. The summed E-state index contributed by atoms with van der Waals surface area (Å²) in [4.78, 5) is 23.7. The minimum Gasteiger partial charge on any atom is -0.484 e. The van der Waals surface area contributed by atoms with Crippen LogP contribution in [0.4, 0.5) is 0 Å². The number of hydrogen-bond donors (Lipinski definition) is 2. The highest BCUT2D eigenvalue weighted by molar-refractivity contribution is 6.35. The monoisotopic (exact) mass is 396 g/mol. The fraction of sp³-hybridized carbons (Fsp3) is 0.222. The Morgan fingerprint density at radius 2 is 1.77 bits per heavy atom. The minimum atomic E-state index is -0.882. The van der Waals surface area contributed by atoms with Crippen LogP contribution in [0.3, 0.4) is 0 Å². The van der Waals surface area contributed by atoms with Gasteiger partial charge in [0.1, 0.15) is 11.5 Å². The molecule has 0 saturated heterocycles. The van der Waals surface area contributed by atoms with E-state index in [0.717, 1.165) is 5.56 Å². The first kappa shape index (κ1) is 19.9. The summed E-state index contributed by atoms with van der Waals surface area (Å²) in [5, 5.41) is 0.743. The fourth-order valence-corrected chi connectivity index (χ4v) is 2.32. The molecule has 0 radical (unpaired) electrons. The molecule has 1 unspecified atom stereocenters. The summed E-state index contributed by atoms with van der Waals surface area (Å²) in [6.45, 7) is 3.24. The molecule has 0 aliphatic heterocycles. The maximum absolute atomic E-state index is 12.0. The van der Waals surface area contributed by atoms with Crippen molar-refractivity contribution in [2.24, 2.45) is 0 Å². The van der Waals surface area contributed by atoms with Crippen molar-refractivity contribution in [1.82, 2.24) is 10.9 Å². The van der Waals surface area contributed by atoms with Crippen LogP contribution in [0.5, 0.6) is 11.5 Å². The minimum absolute atomic E-state index is 0.235. The maximum atomic E-state index is 12.0. The van der Waals surface area contributed by atoms with Gasteiger partial charge < -0.3 is 9.47 Å². The quantitative estimate of drug-likeness (QED) is 0.734. The maximum Gasteiger partial charge on any atom is 0.279 e. The highest BCUT2D eigenvalue weighted by Gasteiger charge is 2.17. The molecule has 6 nitrogen and oxygen atoms in total. The third-order valence-corrected chi connectivity index (χ3v) is 3.81. The number of ether oxygens (including phenoxy) is 2. The molecule has 26 heavy (non-hydrogen) atoms. The van der Waals surface area contributed by atoms with Crippen molar-refractivity contribution in [1.29, 1.82) is 0 Å². The third kappa shape index (κ3) is 6.13. The first-order valence-corrected chi connectivity index (χ1v) is 8.50. The topological polar surface area (TPSA) is 76.7 Å². The van der Waals surface area contributed by atoms with E-state index in [1.54, 1.807) is 24.3 Å². The number of benzene rings is 2. The molecule has 2 rings (SSSR count).